The Hall–Kier alpha value is -2.74. The standard InChI is InChI=1S/C19H16F3NO4/c20-19(21,22)14-4-1-12(2-5-14)17-10-23(7-8-25-17)18(24)13-3-6-15-16(9-13)27-11-26-15/h1-6,9,17H,7-8,10-11H2/t17-/m0/s1. The van der Waals surface area contributed by atoms with Gasteiger partial charge in [0.1, 0.15) is 6.10 Å². The predicted octanol–water partition coefficient (Wildman–Crippen LogP) is 3.65. The summed E-state index contributed by atoms with van der Waals surface area (Å²) in [5.41, 5.74) is 0.355. The molecule has 2 heterocycles. The van der Waals surface area contributed by atoms with Crippen LogP contribution < -0.4 is 9.47 Å². The van der Waals surface area contributed by atoms with Crippen molar-refractivity contribution in [2.75, 3.05) is 26.5 Å². The Balaban J connectivity index is 1.48. The molecule has 1 amide bonds. The van der Waals surface area contributed by atoms with Crippen molar-refractivity contribution in [2.45, 2.75) is 12.3 Å². The molecule has 2 aliphatic heterocycles. The fraction of sp³-hybridized carbons (Fsp3) is 0.316. The first-order chi connectivity index (χ1) is 12.9. The molecule has 8 heteroatoms. The van der Waals surface area contributed by atoms with E-state index in [1.54, 1.807) is 23.1 Å². The van der Waals surface area contributed by atoms with Gasteiger partial charge in [0.15, 0.2) is 11.5 Å². The summed E-state index contributed by atoms with van der Waals surface area (Å²) in [7, 11) is 0. The number of alkyl halides is 3. The highest BCUT2D eigenvalue weighted by molar-refractivity contribution is 5.95. The number of nitrogens with zero attached hydrogens (tertiary/aromatic N) is 1. The molecule has 0 bridgehead atoms. The average Bonchev–Trinajstić information content (AvgIpc) is 3.15. The number of carbonyl (C=O) groups is 1. The Bertz CT molecular complexity index is 851. The van der Waals surface area contributed by atoms with Gasteiger partial charge < -0.3 is 19.1 Å². The Labute approximate surface area is 153 Å². The topological polar surface area (TPSA) is 48.0 Å². The summed E-state index contributed by atoms with van der Waals surface area (Å²) in [6.45, 7) is 1.10. The third-order valence-corrected chi connectivity index (χ3v) is 4.58. The lowest BCUT2D eigenvalue weighted by atomic mass is 10.0. The van der Waals surface area contributed by atoms with Crippen LogP contribution in [0, 0.1) is 0 Å². The van der Waals surface area contributed by atoms with E-state index < -0.39 is 17.8 Å². The molecule has 2 aliphatic rings. The number of rotatable bonds is 2. The fourth-order valence-corrected chi connectivity index (χ4v) is 3.13. The Kier molecular flexibility index (Phi) is 4.43. The van der Waals surface area contributed by atoms with Crippen LogP contribution in [0.15, 0.2) is 42.5 Å². The van der Waals surface area contributed by atoms with E-state index in [0.717, 1.165) is 12.1 Å². The number of ether oxygens (including phenoxy) is 3. The van der Waals surface area contributed by atoms with Gasteiger partial charge in [0, 0.05) is 12.1 Å². The van der Waals surface area contributed by atoms with Gasteiger partial charge >= 0.3 is 6.18 Å². The number of carbonyl (C=O) groups excluding carboxylic acids is 1. The van der Waals surface area contributed by atoms with E-state index in [4.69, 9.17) is 14.2 Å². The van der Waals surface area contributed by atoms with E-state index in [1.165, 1.54) is 12.1 Å². The molecular weight excluding hydrogens is 363 g/mol. The minimum absolute atomic E-state index is 0.126. The third-order valence-electron chi connectivity index (χ3n) is 4.58. The van der Waals surface area contributed by atoms with E-state index >= 15 is 0 Å². The molecule has 1 atom stereocenters. The van der Waals surface area contributed by atoms with Crippen molar-refractivity contribution in [3.63, 3.8) is 0 Å². The van der Waals surface area contributed by atoms with Crippen LogP contribution in [0.2, 0.25) is 0 Å². The lowest BCUT2D eigenvalue weighted by molar-refractivity contribution is -0.137. The van der Waals surface area contributed by atoms with Crippen LogP contribution in [0.5, 0.6) is 11.5 Å². The van der Waals surface area contributed by atoms with Gasteiger partial charge in [-0.25, -0.2) is 0 Å². The number of halogens is 3. The zero-order chi connectivity index (χ0) is 19.0. The zero-order valence-corrected chi connectivity index (χ0v) is 14.2. The molecule has 2 aromatic rings. The van der Waals surface area contributed by atoms with Crippen LogP contribution in [-0.2, 0) is 10.9 Å². The summed E-state index contributed by atoms with van der Waals surface area (Å²) in [5, 5.41) is 0. The molecule has 0 N–H and O–H groups in total. The van der Waals surface area contributed by atoms with Gasteiger partial charge in [0.2, 0.25) is 6.79 Å². The summed E-state index contributed by atoms with van der Waals surface area (Å²) < 4.78 is 54.3. The number of hydrogen-bond donors (Lipinski definition) is 0. The summed E-state index contributed by atoms with van der Waals surface area (Å²) in [6.07, 6.45) is -4.85. The average molecular weight is 379 g/mol. The van der Waals surface area contributed by atoms with Crippen molar-refractivity contribution in [1.29, 1.82) is 0 Å². The van der Waals surface area contributed by atoms with Crippen molar-refractivity contribution in [3.8, 4) is 11.5 Å². The van der Waals surface area contributed by atoms with E-state index in [0.29, 0.717) is 35.8 Å². The molecule has 0 unspecified atom stereocenters. The van der Waals surface area contributed by atoms with Crippen molar-refractivity contribution >= 4 is 5.91 Å². The van der Waals surface area contributed by atoms with Gasteiger partial charge in [-0.15, -0.1) is 0 Å². The van der Waals surface area contributed by atoms with Gasteiger partial charge in [-0.2, -0.15) is 13.2 Å². The number of benzene rings is 2. The molecule has 2 aromatic carbocycles. The highest BCUT2D eigenvalue weighted by Crippen LogP contribution is 2.34. The maximum absolute atomic E-state index is 12.8. The second-order valence-electron chi connectivity index (χ2n) is 6.30. The third kappa shape index (κ3) is 3.57. The van der Waals surface area contributed by atoms with Crippen LogP contribution in [0.4, 0.5) is 13.2 Å². The zero-order valence-electron chi connectivity index (χ0n) is 14.2. The first kappa shape index (κ1) is 17.7. The number of amides is 1. The second kappa shape index (κ2) is 6.77. The smallest absolute Gasteiger partial charge is 0.416 e. The molecule has 0 spiro atoms. The Morgan fingerprint density at radius 2 is 1.78 bits per heavy atom. The monoisotopic (exact) mass is 379 g/mol. The summed E-state index contributed by atoms with van der Waals surface area (Å²) in [5.74, 6) is 0.929. The highest BCUT2D eigenvalue weighted by Gasteiger charge is 2.31. The number of morpholine rings is 1. The van der Waals surface area contributed by atoms with Crippen LogP contribution in [0.1, 0.15) is 27.6 Å². The summed E-state index contributed by atoms with van der Waals surface area (Å²) in [6, 6.07) is 9.81. The summed E-state index contributed by atoms with van der Waals surface area (Å²) in [4.78, 5) is 14.4. The Morgan fingerprint density at radius 1 is 1.04 bits per heavy atom. The van der Waals surface area contributed by atoms with Gasteiger partial charge in [0.25, 0.3) is 5.91 Å². The van der Waals surface area contributed by atoms with Gasteiger partial charge in [-0.1, -0.05) is 12.1 Å². The van der Waals surface area contributed by atoms with E-state index in [-0.39, 0.29) is 19.2 Å². The minimum Gasteiger partial charge on any atom is -0.454 e. The lowest BCUT2D eigenvalue weighted by Crippen LogP contribution is -2.42. The maximum Gasteiger partial charge on any atom is 0.416 e. The quantitative estimate of drug-likeness (QED) is 0.799. The van der Waals surface area contributed by atoms with E-state index in [1.807, 2.05) is 0 Å². The van der Waals surface area contributed by atoms with Gasteiger partial charge in [-0.05, 0) is 35.9 Å². The van der Waals surface area contributed by atoms with E-state index in [2.05, 4.69) is 0 Å². The summed E-state index contributed by atoms with van der Waals surface area (Å²) >= 11 is 0. The first-order valence-corrected chi connectivity index (χ1v) is 8.39. The molecule has 0 radical (unpaired) electrons. The number of fused-ring (bicyclic) bond motifs is 1. The maximum atomic E-state index is 12.8. The predicted molar refractivity (Wildman–Crippen MR) is 88.6 cm³/mol. The fourth-order valence-electron chi connectivity index (χ4n) is 3.13. The second-order valence-corrected chi connectivity index (χ2v) is 6.30. The van der Waals surface area contributed by atoms with Crippen LogP contribution in [-0.4, -0.2) is 37.3 Å². The molecule has 0 aliphatic carbocycles. The molecule has 27 heavy (non-hydrogen) atoms. The van der Waals surface area contributed by atoms with Gasteiger partial charge in [0.05, 0.1) is 18.7 Å². The number of hydrogen-bond acceptors (Lipinski definition) is 4. The molecule has 5 nitrogen and oxygen atoms in total. The molecule has 4 rings (SSSR count). The molecule has 142 valence electrons. The van der Waals surface area contributed by atoms with Crippen molar-refractivity contribution < 1.29 is 32.2 Å². The first-order valence-electron chi connectivity index (χ1n) is 8.39. The van der Waals surface area contributed by atoms with Crippen molar-refractivity contribution in [3.05, 3.63) is 59.2 Å². The van der Waals surface area contributed by atoms with Crippen molar-refractivity contribution in [2.24, 2.45) is 0 Å². The minimum atomic E-state index is -4.38. The SMILES string of the molecule is O=C(c1ccc2c(c1)OCO2)N1CCO[C@H](c2ccc(C(F)(F)F)cc2)C1. The normalized spacial score (nSPS) is 19.2. The van der Waals surface area contributed by atoms with Crippen molar-refractivity contribution in [1.82, 2.24) is 4.90 Å². The molecule has 1 fully saturated rings. The van der Waals surface area contributed by atoms with Gasteiger partial charge in [-0.3, -0.25) is 4.79 Å². The van der Waals surface area contributed by atoms with Crippen LogP contribution in [0.25, 0.3) is 0 Å². The Morgan fingerprint density at radius 3 is 2.52 bits per heavy atom. The molecule has 0 aromatic heterocycles. The lowest BCUT2D eigenvalue weighted by Gasteiger charge is -2.33. The van der Waals surface area contributed by atoms with E-state index in [9.17, 15) is 18.0 Å². The van der Waals surface area contributed by atoms with Crippen LogP contribution >= 0.6 is 0 Å². The molecule has 0 saturated carbocycles. The molecular formula is C19H16F3NO4. The molecule has 1 saturated heterocycles. The largest absolute Gasteiger partial charge is 0.454 e. The van der Waals surface area contributed by atoms with Crippen LogP contribution in [0.3, 0.4) is 0 Å². The highest BCUT2D eigenvalue weighted by atomic mass is 19.4.